The molecule has 1 fully saturated rings. The van der Waals surface area contributed by atoms with Crippen LogP contribution in [0.25, 0.3) is 0 Å². The molecule has 7 heteroatoms. The number of hydrogen-bond donors (Lipinski definition) is 0. The van der Waals surface area contributed by atoms with Crippen LogP contribution >= 0.6 is 0 Å². The van der Waals surface area contributed by atoms with E-state index in [0.717, 1.165) is 19.0 Å². The average Bonchev–Trinajstić information content (AvgIpc) is 2.92. The van der Waals surface area contributed by atoms with Crippen molar-refractivity contribution in [2.24, 2.45) is 0 Å². The van der Waals surface area contributed by atoms with E-state index in [-0.39, 0.29) is 11.6 Å². The first-order valence-electron chi connectivity index (χ1n) is 6.86. The maximum Gasteiger partial charge on any atom is 0.390 e. The molecule has 1 aromatic rings. The zero-order valence-corrected chi connectivity index (χ0v) is 11.4. The van der Waals surface area contributed by atoms with Crippen LogP contribution in [0.3, 0.4) is 0 Å². The molecule has 0 bridgehead atoms. The summed E-state index contributed by atoms with van der Waals surface area (Å²) >= 11 is 0. The zero-order valence-electron chi connectivity index (χ0n) is 11.4. The molecule has 21 heavy (non-hydrogen) atoms. The number of alkyl halides is 3. The molecular weight excluding hydrogens is 288 g/mol. The molecule has 3 nitrogen and oxygen atoms in total. The summed E-state index contributed by atoms with van der Waals surface area (Å²) in [6, 6.07) is 0.958. The molecule has 0 N–H and O–H groups in total. The predicted octanol–water partition coefficient (Wildman–Crippen LogP) is 3.56. The summed E-state index contributed by atoms with van der Waals surface area (Å²) in [7, 11) is 0. The van der Waals surface area contributed by atoms with Gasteiger partial charge in [-0.15, -0.1) is 0 Å². The highest BCUT2D eigenvalue weighted by molar-refractivity contribution is 5.94. The molecule has 0 saturated heterocycles. The summed E-state index contributed by atoms with van der Waals surface area (Å²) in [5.41, 5.74) is -0.223. The van der Waals surface area contributed by atoms with Gasteiger partial charge in [0.25, 0.3) is 5.91 Å². The molecule has 1 aromatic heterocycles. The largest absolute Gasteiger partial charge is 0.390 e. The van der Waals surface area contributed by atoms with Crippen molar-refractivity contribution in [2.75, 3.05) is 6.54 Å². The average molecular weight is 304 g/mol. The van der Waals surface area contributed by atoms with Gasteiger partial charge in [-0.3, -0.25) is 9.78 Å². The molecule has 116 valence electrons. The third-order valence-corrected chi connectivity index (χ3v) is 3.67. The lowest BCUT2D eigenvalue weighted by molar-refractivity contribution is -0.137. The van der Waals surface area contributed by atoms with E-state index in [1.807, 2.05) is 0 Å². The SMILES string of the molecule is O=C(c1ccncc1F)N(CCC(F)(F)F)C1CCCC1. The van der Waals surface area contributed by atoms with Crippen LogP contribution in [-0.2, 0) is 0 Å². The number of rotatable bonds is 4. The molecule has 0 aromatic carbocycles. The highest BCUT2D eigenvalue weighted by Gasteiger charge is 2.33. The van der Waals surface area contributed by atoms with Crippen LogP contribution < -0.4 is 0 Å². The standard InChI is InChI=1S/C14H16F4N2O/c15-12-9-19-7-5-11(12)13(21)20(8-6-14(16,17)18)10-3-1-2-4-10/h5,7,9-10H,1-4,6,8H2. The normalized spacial score (nSPS) is 16.2. The van der Waals surface area contributed by atoms with Gasteiger partial charge in [-0.1, -0.05) is 12.8 Å². The van der Waals surface area contributed by atoms with Crippen molar-refractivity contribution in [1.82, 2.24) is 9.88 Å². The van der Waals surface area contributed by atoms with E-state index in [4.69, 9.17) is 0 Å². The van der Waals surface area contributed by atoms with Gasteiger partial charge in [0, 0.05) is 18.8 Å². The highest BCUT2D eigenvalue weighted by atomic mass is 19.4. The minimum atomic E-state index is -4.34. The Bertz CT molecular complexity index is 498. The minimum Gasteiger partial charge on any atom is -0.335 e. The van der Waals surface area contributed by atoms with Gasteiger partial charge in [-0.05, 0) is 18.9 Å². The first-order valence-corrected chi connectivity index (χ1v) is 6.86. The monoisotopic (exact) mass is 304 g/mol. The van der Waals surface area contributed by atoms with Crippen LogP contribution in [0.5, 0.6) is 0 Å². The van der Waals surface area contributed by atoms with Crippen molar-refractivity contribution in [3.63, 3.8) is 0 Å². The molecule has 0 atom stereocenters. The van der Waals surface area contributed by atoms with E-state index >= 15 is 0 Å². The van der Waals surface area contributed by atoms with Crippen molar-refractivity contribution >= 4 is 5.91 Å². The molecule has 0 spiro atoms. The van der Waals surface area contributed by atoms with E-state index < -0.39 is 30.9 Å². The topological polar surface area (TPSA) is 33.2 Å². The maximum absolute atomic E-state index is 13.6. The summed E-state index contributed by atoms with van der Waals surface area (Å²) in [6.07, 6.45) is -0.197. The number of carbonyl (C=O) groups excluding carboxylic acids is 1. The van der Waals surface area contributed by atoms with E-state index in [1.54, 1.807) is 0 Å². The first-order chi connectivity index (χ1) is 9.88. The number of carbonyl (C=O) groups is 1. The van der Waals surface area contributed by atoms with E-state index in [0.29, 0.717) is 12.8 Å². The van der Waals surface area contributed by atoms with E-state index in [1.165, 1.54) is 17.2 Å². The summed E-state index contributed by atoms with van der Waals surface area (Å²) in [4.78, 5) is 17.1. The van der Waals surface area contributed by atoms with Gasteiger partial charge in [-0.2, -0.15) is 13.2 Å². The number of pyridine rings is 1. The Morgan fingerprint density at radius 1 is 1.33 bits per heavy atom. The van der Waals surface area contributed by atoms with Crippen LogP contribution in [0.2, 0.25) is 0 Å². The van der Waals surface area contributed by atoms with Crippen molar-refractivity contribution in [3.8, 4) is 0 Å². The van der Waals surface area contributed by atoms with Gasteiger partial charge in [0.15, 0.2) is 5.82 Å². The molecule has 2 rings (SSSR count). The Labute approximate surface area is 120 Å². The summed E-state index contributed by atoms with van der Waals surface area (Å²) in [6.45, 7) is -0.436. The van der Waals surface area contributed by atoms with Gasteiger partial charge in [0.2, 0.25) is 0 Å². The van der Waals surface area contributed by atoms with Gasteiger partial charge >= 0.3 is 6.18 Å². The van der Waals surface area contributed by atoms with Crippen LogP contribution in [0.1, 0.15) is 42.5 Å². The molecule has 1 aliphatic carbocycles. The highest BCUT2D eigenvalue weighted by Crippen LogP contribution is 2.28. The third kappa shape index (κ3) is 4.15. The fourth-order valence-corrected chi connectivity index (χ4v) is 2.62. The molecule has 0 unspecified atom stereocenters. The summed E-state index contributed by atoms with van der Waals surface area (Å²) in [5.74, 6) is -1.50. The van der Waals surface area contributed by atoms with Crippen molar-refractivity contribution in [1.29, 1.82) is 0 Å². The summed E-state index contributed by atoms with van der Waals surface area (Å²) in [5, 5.41) is 0. The number of amides is 1. The van der Waals surface area contributed by atoms with Crippen LogP contribution in [-0.4, -0.2) is 34.6 Å². The van der Waals surface area contributed by atoms with Crippen molar-refractivity contribution in [3.05, 3.63) is 29.8 Å². The zero-order chi connectivity index (χ0) is 15.5. The van der Waals surface area contributed by atoms with Gasteiger partial charge in [0.05, 0.1) is 18.2 Å². The molecule has 1 saturated carbocycles. The molecule has 0 radical (unpaired) electrons. The Balaban J connectivity index is 2.18. The van der Waals surface area contributed by atoms with Crippen molar-refractivity contribution in [2.45, 2.75) is 44.3 Å². The lowest BCUT2D eigenvalue weighted by atomic mass is 10.1. The molecular formula is C14H16F4N2O. The van der Waals surface area contributed by atoms with Gasteiger partial charge < -0.3 is 4.90 Å². The van der Waals surface area contributed by atoms with Gasteiger partial charge in [-0.25, -0.2) is 4.39 Å². The number of hydrogen-bond acceptors (Lipinski definition) is 2. The lowest BCUT2D eigenvalue weighted by Gasteiger charge is -2.29. The molecule has 1 heterocycles. The molecule has 1 aliphatic rings. The van der Waals surface area contributed by atoms with Crippen molar-refractivity contribution < 1.29 is 22.4 Å². The number of halogens is 4. The number of nitrogens with zero attached hydrogens (tertiary/aromatic N) is 2. The smallest absolute Gasteiger partial charge is 0.335 e. The Hall–Kier alpha value is -1.66. The second kappa shape index (κ2) is 6.41. The van der Waals surface area contributed by atoms with Gasteiger partial charge in [0.1, 0.15) is 0 Å². The van der Waals surface area contributed by atoms with E-state index in [2.05, 4.69) is 4.98 Å². The number of aromatic nitrogens is 1. The second-order valence-corrected chi connectivity index (χ2v) is 5.16. The fraction of sp³-hybridized carbons (Fsp3) is 0.571. The third-order valence-electron chi connectivity index (χ3n) is 3.67. The fourth-order valence-electron chi connectivity index (χ4n) is 2.62. The van der Waals surface area contributed by atoms with E-state index in [9.17, 15) is 22.4 Å². The summed E-state index contributed by atoms with van der Waals surface area (Å²) < 4.78 is 50.9. The second-order valence-electron chi connectivity index (χ2n) is 5.16. The predicted molar refractivity (Wildman–Crippen MR) is 68.2 cm³/mol. The quantitative estimate of drug-likeness (QED) is 0.797. The minimum absolute atomic E-state index is 0.223. The first kappa shape index (κ1) is 15.7. The van der Waals surface area contributed by atoms with Crippen LogP contribution in [0.15, 0.2) is 18.5 Å². The molecule has 1 amide bonds. The van der Waals surface area contributed by atoms with Crippen LogP contribution in [0.4, 0.5) is 17.6 Å². The molecule has 0 aliphatic heterocycles. The Morgan fingerprint density at radius 2 is 2.00 bits per heavy atom. The van der Waals surface area contributed by atoms with Crippen LogP contribution in [0, 0.1) is 5.82 Å². The Kier molecular flexibility index (Phi) is 4.80. The Morgan fingerprint density at radius 3 is 2.57 bits per heavy atom. The lowest BCUT2D eigenvalue weighted by Crippen LogP contribution is -2.41. The maximum atomic E-state index is 13.6.